The zero-order valence-electron chi connectivity index (χ0n) is 17.0. The van der Waals surface area contributed by atoms with Gasteiger partial charge in [-0.25, -0.2) is 0 Å². The van der Waals surface area contributed by atoms with Crippen LogP contribution in [-0.4, -0.2) is 62.3 Å². The van der Waals surface area contributed by atoms with Crippen LogP contribution in [0.1, 0.15) is 24.0 Å². The fraction of sp³-hybridized carbons (Fsp3) is 0.500. The van der Waals surface area contributed by atoms with E-state index in [0.29, 0.717) is 0 Å². The van der Waals surface area contributed by atoms with E-state index in [1.54, 1.807) is 18.2 Å². The second-order valence-electron chi connectivity index (χ2n) is 7.92. The standard InChI is InChI=1S/C24H32N2O2/c1-27-23-9-11-24(12-10-23)28-18-4-13-25-14-16-26(17-15-25)22-8-7-20-5-2-3-6-21(20)19-22/h2-3,5-6,9-12,22H,4,7-8,13-19H2,1H3. The lowest BCUT2D eigenvalue weighted by molar-refractivity contribution is 0.0863. The molecule has 0 saturated carbocycles. The Morgan fingerprint density at radius 1 is 0.893 bits per heavy atom. The molecule has 0 N–H and O–H groups in total. The lowest BCUT2D eigenvalue weighted by atomic mass is 9.87. The van der Waals surface area contributed by atoms with Crippen molar-refractivity contribution in [3.8, 4) is 11.5 Å². The highest BCUT2D eigenvalue weighted by Gasteiger charge is 2.26. The maximum atomic E-state index is 5.85. The van der Waals surface area contributed by atoms with Crippen molar-refractivity contribution < 1.29 is 9.47 Å². The largest absolute Gasteiger partial charge is 0.497 e. The Morgan fingerprint density at radius 3 is 2.36 bits per heavy atom. The van der Waals surface area contributed by atoms with Gasteiger partial charge in [-0.15, -0.1) is 0 Å². The molecule has 4 nitrogen and oxygen atoms in total. The van der Waals surface area contributed by atoms with Gasteiger partial charge in [-0.05, 0) is 61.1 Å². The molecular weight excluding hydrogens is 348 g/mol. The van der Waals surface area contributed by atoms with Gasteiger partial charge in [0.2, 0.25) is 0 Å². The summed E-state index contributed by atoms with van der Waals surface area (Å²) in [5.41, 5.74) is 3.13. The molecule has 0 aromatic heterocycles. The molecule has 150 valence electrons. The number of hydrogen-bond donors (Lipinski definition) is 0. The van der Waals surface area contributed by atoms with Gasteiger partial charge in [0, 0.05) is 38.8 Å². The molecule has 0 amide bonds. The molecule has 0 spiro atoms. The van der Waals surface area contributed by atoms with Crippen molar-refractivity contribution in [2.24, 2.45) is 0 Å². The Kier molecular flexibility index (Phi) is 6.50. The first kappa shape index (κ1) is 19.3. The summed E-state index contributed by atoms with van der Waals surface area (Å²) >= 11 is 0. The van der Waals surface area contributed by atoms with Crippen LogP contribution in [0.5, 0.6) is 11.5 Å². The highest BCUT2D eigenvalue weighted by molar-refractivity contribution is 5.31. The Balaban J connectivity index is 1.15. The molecule has 0 bridgehead atoms. The van der Waals surface area contributed by atoms with Gasteiger partial charge in [0.15, 0.2) is 0 Å². The highest BCUT2D eigenvalue weighted by atomic mass is 16.5. The third kappa shape index (κ3) is 4.86. The topological polar surface area (TPSA) is 24.9 Å². The number of fused-ring (bicyclic) bond motifs is 1. The van der Waals surface area contributed by atoms with Crippen molar-refractivity contribution in [3.05, 3.63) is 59.7 Å². The predicted molar refractivity (Wildman–Crippen MR) is 113 cm³/mol. The van der Waals surface area contributed by atoms with E-state index >= 15 is 0 Å². The molecule has 1 heterocycles. The zero-order chi connectivity index (χ0) is 19.2. The minimum atomic E-state index is 0.732. The minimum Gasteiger partial charge on any atom is -0.497 e. The van der Waals surface area contributed by atoms with Crippen molar-refractivity contribution in [2.75, 3.05) is 46.4 Å². The second kappa shape index (κ2) is 9.44. The first-order valence-electron chi connectivity index (χ1n) is 10.6. The molecule has 1 saturated heterocycles. The van der Waals surface area contributed by atoms with Crippen LogP contribution in [0.2, 0.25) is 0 Å². The number of hydrogen-bond acceptors (Lipinski definition) is 4. The molecule has 1 unspecified atom stereocenters. The summed E-state index contributed by atoms with van der Waals surface area (Å²) in [6.45, 7) is 6.66. The molecule has 0 radical (unpaired) electrons. The molecule has 4 heteroatoms. The van der Waals surface area contributed by atoms with Gasteiger partial charge in [-0.2, -0.15) is 0 Å². The van der Waals surface area contributed by atoms with Crippen LogP contribution in [0.4, 0.5) is 0 Å². The number of nitrogens with zero attached hydrogens (tertiary/aromatic N) is 2. The van der Waals surface area contributed by atoms with Crippen LogP contribution in [0, 0.1) is 0 Å². The van der Waals surface area contributed by atoms with Gasteiger partial charge >= 0.3 is 0 Å². The summed E-state index contributed by atoms with van der Waals surface area (Å²) in [4.78, 5) is 5.31. The SMILES string of the molecule is COc1ccc(OCCCN2CCN(C3CCc4ccccc4C3)CC2)cc1. The fourth-order valence-corrected chi connectivity index (χ4v) is 4.49. The molecule has 1 aliphatic carbocycles. The average Bonchev–Trinajstić information content (AvgIpc) is 2.77. The molecule has 1 atom stereocenters. The van der Waals surface area contributed by atoms with E-state index in [4.69, 9.17) is 9.47 Å². The Bertz CT molecular complexity index is 739. The Morgan fingerprint density at radius 2 is 1.61 bits per heavy atom. The molecule has 4 rings (SSSR count). The maximum absolute atomic E-state index is 5.85. The minimum absolute atomic E-state index is 0.732. The predicted octanol–water partition coefficient (Wildman–Crippen LogP) is 3.64. The quantitative estimate of drug-likeness (QED) is 0.685. The van der Waals surface area contributed by atoms with E-state index < -0.39 is 0 Å². The van der Waals surface area contributed by atoms with Gasteiger partial charge < -0.3 is 14.4 Å². The lowest BCUT2D eigenvalue weighted by Crippen LogP contribution is -2.51. The summed E-state index contributed by atoms with van der Waals surface area (Å²) in [6, 6.07) is 17.5. The first-order valence-corrected chi connectivity index (χ1v) is 10.6. The van der Waals surface area contributed by atoms with E-state index in [1.165, 1.54) is 45.4 Å². The first-order chi connectivity index (χ1) is 13.8. The van der Waals surface area contributed by atoms with Gasteiger partial charge in [-0.3, -0.25) is 4.90 Å². The monoisotopic (exact) mass is 380 g/mol. The van der Waals surface area contributed by atoms with Crippen LogP contribution in [0.25, 0.3) is 0 Å². The number of ether oxygens (including phenoxy) is 2. The molecule has 1 fully saturated rings. The van der Waals surface area contributed by atoms with Gasteiger partial charge in [0.05, 0.1) is 13.7 Å². The van der Waals surface area contributed by atoms with Crippen LogP contribution in [0.15, 0.2) is 48.5 Å². The van der Waals surface area contributed by atoms with Crippen LogP contribution >= 0.6 is 0 Å². The molecule has 28 heavy (non-hydrogen) atoms. The summed E-state index contributed by atoms with van der Waals surface area (Å²) in [6.07, 6.45) is 4.85. The summed E-state index contributed by atoms with van der Waals surface area (Å²) in [5, 5.41) is 0. The second-order valence-corrected chi connectivity index (χ2v) is 7.92. The van der Waals surface area contributed by atoms with E-state index in [-0.39, 0.29) is 0 Å². The Hall–Kier alpha value is -2.04. The van der Waals surface area contributed by atoms with Crippen molar-refractivity contribution >= 4 is 0 Å². The van der Waals surface area contributed by atoms with Gasteiger partial charge in [-0.1, -0.05) is 24.3 Å². The highest BCUT2D eigenvalue weighted by Crippen LogP contribution is 2.25. The van der Waals surface area contributed by atoms with Crippen molar-refractivity contribution in [1.29, 1.82) is 0 Å². The fourth-order valence-electron chi connectivity index (χ4n) is 4.49. The molecule has 1 aliphatic heterocycles. The van der Waals surface area contributed by atoms with Gasteiger partial charge in [0.25, 0.3) is 0 Å². The number of benzene rings is 2. The lowest BCUT2D eigenvalue weighted by Gasteiger charge is -2.41. The molecular formula is C24H32N2O2. The zero-order valence-corrected chi connectivity index (χ0v) is 17.0. The van der Waals surface area contributed by atoms with Crippen LogP contribution in [-0.2, 0) is 12.8 Å². The summed E-state index contributed by atoms with van der Waals surface area (Å²) < 4.78 is 11.0. The van der Waals surface area contributed by atoms with Crippen LogP contribution < -0.4 is 9.47 Å². The Labute approximate surface area is 169 Å². The number of piperazine rings is 1. The average molecular weight is 381 g/mol. The van der Waals surface area contributed by atoms with Crippen molar-refractivity contribution in [1.82, 2.24) is 9.80 Å². The molecule has 2 aliphatic rings. The van der Waals surface area contributed by atoms with Crippen molar-refractivity contribution in [2.45, 2.75) is 31.7 Å². The van der Waals surface area contributed by atoms with E-state index in [9.17, 15) is 0 Å². The summed E-state index contributed by atoms with van der Waals surface area (Å²) in [5.74, 6) is 1.79. The molecule has 2 aromatic carbocycles. The number of methoxy groups -OCH3 is 1. The van der Waals surface area contributed by atoms with Crippen molar-refractivity contribution in [3.63, 3.8) is 0 Å². The third-order valence-electron chi connectivity index (χ3n) is 6.19. The maximum Gasteiger partial charge on any atom is 0.119 e. The number of aryl methyl sites for hydroxylation is 1. The number of rotatable bonds is 7. The normalized spacial score (nSPS) is 20.5. The molecule has 2 aromatic rings. The van der Waals surface area contributed by atoms with E-state index in [0.717, 1.165) is 37.1 Å². The van der Waals surface area contributed by atoms with E-state index in [1.807, 2.05) is 24.3 Å². The van der Waals surface area contributed by atoms with E-state index in [2.05, 4.69) is 34.1 Å². The van der Waals surface area contributed by atoms with Gasteiger partial charge in [0.1, 0.15) is 11.5 Å². The van der Waals surface area contributed by atoms with Crippen LogP contribution in [0.3, 0.4) is 0 Å². The summed E-state index contributed by atoms with van der Waals surface area (Å²) in [7, 11) is 1.68. The smallest absolute Gasteiger partial charge is 0.119 e. The third-order valence-corrected chi connectivity index (χ3v) is 6.19.